The predicted octanol–water partition coefficient (Wildman–Crippen LogP) is 1.62. The Balaban J connectivity index is 0.000000720. The number of carbonyl (C=O) groups is 1. The van der Waals surface area contributed by atoms with E-state index in [-0.39, 0.29) is 12.4 Å². The van der Waals surface area contributed by atoms with E-state index < -0.39 is 0 Å². The molecule has 2 saturated heterocycles. The van der Waals surface area contributed by atoms with Gasteiger partial charge in [-0.15, -0.1) is 12.4 Å². The van der Waals surface area contributed by atoms with Crippen LogP contribution in [0.5, 0.6) is 0 Å². The number of halogens is 1. The van der Waals surface area contributed by atoms with Crippen molar-refractivity contribution in [1.29, 1.82) is 0 Å². The fourth-order valence-corrected chi connectivity index (χ4v) is 2.40. The lowest BCUT2D eigenvalue weighted by Crippen LogP contribution is -2.49. The summed E-state index contributed by atoms with van der Waals surface area (Å²) in [6.07, 6.45) is 5.42. The molecule has 12 heavy (non-hydrogen) atoms. The van der Waals surface area contributed by atoms with Crippen molar-refractivity contribution in [2.75, 3.05) is 7.05 Å². The third-order valence-corrected chi connectivity index (χ3v) is 3.15. The molecule has 0 amide bonds. The van der Waals surface area contributed by atoms with Crippen LogP contribution < -0.4 is 0 Å². The zero-order valence-corrected chi connectivity index (χ0v) is 8.27. The summed E-state index contributed by atoms with van der Waals surface area (Å²) in [4.78, 5) is 13.6. The van der Waals surface area contributed by atoms with Gasteiger partial charge in [0, 0.05) is 24.9 Å². The molecule has 2 rings (SSSR count). The maximum absolute atomic E-state index is 11.2. The number of carbonyl (C=O) groups excluding carboxylic acids is 1. The molecule has 0 spiro atoms. The van der Waals surface area contributed by atoms with Gasteiger partial charge in [0.25, 0.3) is 0 Å². The molecule has 2 bridgehead atoms. The number of rotatable bonds is 0. The van der Waals surface area contributed by atoms with Crippen molar-refractivity contribution in [2.45, 2.75) is 44.2 Å². The second-order valence-electron chi connectivity index (χ2n) is 3.85. The molecule has 0 unspecified atom stereocenters. The fourth-order valence-electron chi connectivity index (χ4n) is 2.40. The highest BCUT2D eigenvalue weighted by molar-refractivity contribution is 5.85. The van der Waals surface area contributed by atoms with Crippen LogP contribution >= 0.6 is 12.4 Å². The van der Waals surface area contributed by atoms with Crippen molar-refractivity contribution in [3.63, 3.8) is 0 Å². The van der Waals surface area contributed by atoms with E-state index in [0.717, 1.165) is 12.8 Å². The van der Waals surface area contributed by atoms with Gasteiger partial charge in [-0.3, -0.25) is 9.69 Å². The molecule has 0 saturated carbocycles. The Kier molecular flexibility index (Phi) is 3.13. The normalized spacial score (nSPS) is 35.9. The first-order valence-electron chi connectivity index (χ1n) is 4.51. The van der Waals surface area contributed by atoms with Crippen molar-refractivity contribution in [3.05, 3.63) is 0 Å². The van der Waals surface area contributed by atoms with Gasteiger partial charge in [-0.2, -0.15) is 0 Å². The summed E-state index contributed by atoms with van der Waals surface area (Å²) < 4.78 is 0. The summed E-state index contributed by atoms with van der Waals surface area (Å²) in [7, 11) is 2.17. The van der Waals surface area contributed by atoms with Crippen LogP contribution in [0.2, 0.25) is 0 Å². The molecule has 3 heteroatoms. The van der Waals surface area contributed by atoms with Gasteiger partial charge >= 0.3 is 0 Å². The van der Waals surface area contributed by atoms with Gasteiger partial charge in [-0.25, -0.2) is 0 Å². The van der Waals surface area contributed by atoms with Crippen LogP contribution in [-0.4, -0.2) is 29.8 Å². The quantitative estimate of drug-likeness (QED) is 0.578. The highest BCUT2D eigenvalue weighted by Crippen LogP contribution is 2.30. The summed E-state index contributed by atoms with van der Waals surface area (Å²) in [5, 5.41) is 0. The fraction of sp³-hybridized carbons (Fsp3) is 0.889. The summed E-state index contributed by atoms with van der Waals surface area (Å²) in [5.74, 6) is 0.484. The molecule has 0 N–H and O–H groups in total. The minimum absolute atomic E-state index is 0. The largest absolute Gasteiger partial charge is 0.300 e. The third kappa shape index (κ3) is 1.64. The topological polar surface area (TPSA) is 20.3 Å². The van der Waals surface area contributed by atoms with Gasteiger partial charge in [0.2, 0.25) is 0 Å². The summed E-state index contributed by atoms with van der Waals surface area (Å²) in [5.41, 5.74) is 0. The van der Waals surface area contributed by atoms with Crippen molar-refractivity contribution >= 4 is 18.2 Å². The molecule has 0 radical (unpaired) electrons. The van der Waals surface area contributed by atoms with Gasteiger partial charge < -0.3 is 0 Å². The van der Waals surface area contributed by atoms with Gasteiger partial charge in [-0.05, 0) is 19.9 Å². The Morgan fingerprint density at radius 1 is 1.25 bits per heavy atom. The van der Waals surface area contributed by atoms with Crippen molar-refractivity contribution in [3.8, 4) is 0 Å². The van der Waals surface area contributed by atoms with Crippen molar-refractivity contribution in [1.82, 2.24) is 4.90 Å². The van der Waals surface area contributed by atoms with E-state index in [9.17, 15) is 4.79 Å². The zero-order valence-electron chi connectivity index (χ0n) is 7.45. The van der Waals surface area contributed by atoms with Crippen LogP contribution in [0.15, 0.2) is 0 Å². The van der Waals surface area contributed by atoms with Crippen molar-refractivity contribution in [2.24, 2.45) is 0 Å². The molecular formula is C9H16ClNO. The predicted molar refractivity (Wildman–Crippen MR) is 50.7 cm³/mol. The highest BCUT2D eigenvalue weighted by atomic mass is 35.5. The lowest BCUT2D eigenvalue weighted by Gasteiger charge is -2.43. The molecule has 0 aromatic heterocycles. The van der Waals surface area contributed by atoms with Crippen LogP contribution in [0.3, 0.4) is 0 Å². The molecule has 2 heterocycles. The molecular weight excluding hydrogens is 174 g/mol. The van der Waals surface area contributed by atoms with Crippen LogP contribution in [0.1, 0.15) is 32.1 Å². The van der Waals surface area contributed by atoms with Crippen LogP contribution in [-0.2, 0) is 4.79 Å². The van der Waals surface area contributed by atoms with Gasteiger partial charge in [0.15, 0.2) is 0 Å². The second kappa shape index (κ2) is 3.75. The van der Waals surface area contributed by atoms with Gasteiger partial charge in [0.1, 0.15) is 5.78 Å². The molecule has 2 aliphatic rings. The lowest BCUT2D eigenvalue weighted by molar-refractivity contribution is -0.126. The van der Waals surface area contributed by atoms with Crippen LogP contribution in [0, 0.1) is 0 Å². The molecule has 2 fully saturated rings. The number of nitrogens with zero attached hydrogens (tertiary/aromatic N) is 1. The Bertz CT molecular complexity index is 167. The lowest BCUT2D eigenvalue weighted by atomic mass is 9.84. The second-order valence-corrected chi connectivity index (χ2v) is 3.85. The minimum atomic E-state index is 0. The van der Waals surface area contributed by atoms with E-state index in [0.29, 0.717) is 17.9 Å². The Hall–Kier alpha value is -0.0800. The Morgan fingerprint density at radius 3 is 2.25 bits per heavy atom. The van der Waals surface area contributed by atoms with E-state index in [1.54, 1.807) is 0 Å². The average molecular weight is 190 g/mol. The third-order valence-electron chi connectivity index (χ3n) is 3.15. The van der Waals surface area contributed by atoms with Crippen LogP contribution in [0.4, 0.5) is 0 Å². The first-order chi connectivity index (χ1) is 5.27. The molecule has 0 aromatic carbocycles. The molecule has 0 aromatic rings. The smallest absolute Gasteiger partial charge is 0.136 e. The summed E-state index contributed by atoms with van der Waals surface area (Å²) in [6.45, 7) is 0. The summed E-state index contributed by atoms with van der Waals surface area (Å²) in [6, 6.07) is 1.16. The number of hydrogen-bond acceptors (Lipinski definition) is 2. The molecule has 2 atom stereocenters. The standard InChI is InChI=1S/C9H15NO.ClH/c1-10-7-3-2-4-8(10)6-9(11)5-7;/h7-8H,2-6H2,1H3;1H/t7-,8+;. The minimum Gasteiger partial charge on any atom is -0.300 e. The van der Waals surface area contributed by atoms with Gasteiger partial charge in [-0.1, -0.05) is 6.42 Å². The van der Waals surface area contributed by atoms with Gasteiger partial charge in [0.05, 0.1) is 0 Å². The van der Waals surface area contributed by atoms with E-state index in [1.807, 2.05) is 0 Å². The molecule has 70 valence electrons. The maximum atomic E-state index is 11.2. The zero-order chi connectivity index (χ0) is 7.84. The molecule has 2 aliphatic heterocycles. The van der Waals surface area contributed by atoms with Crippen molar-refractivity contribution < 1.29 is 4.79 Å². The SMILES string of the molecule is CN1[C@@H]2CCC[C@H]1CC(=O)C2.Cl. The first-order valence-corrected chi connectivity index (χ1v) is 4.51. The maximum Gasteiger partial charge on any atom is 0.136 e. The monoisotopic (exact) mass is 189 g/mol. The van der Waals surface area contributed by atoms with E-state index in [1.165, 1.54) is 19.3 Å². The van der Waals surface area contributed by atoms with Crippen LogP contribution in [0.25, 0.3) is 0 Å². The highest BCUT2D eigenvalue weighted by Gasteiger charge is 2.34. The number of ketones is 1. The number of fused-ring (bicyclic) bond motifs is 2. The first kappa shape index (κ1) is 10.0. The number of hydrogen-bond donors (Lipinski definition) is 0. The average Bonchev–Trinajstić information content (AvgIpc) is 1.92. The summed E-state index contributed by atoms with van der Waals surface area (Å²) >= 11 is 0. The Labute approximate surface area is 79.7 Å². The molecule has 2 nitrogen and oxygen atoms in total. The van der Waals surface area contributed by atoms with E-state index in [2.05, 4.69) is 11.9 Å². The number of Topliss-reactive ketones (excluding diaryl/α,β-unsaturated/α-hetero) is 1. The molecule has 0 aliphatic carbocycles. The number of piperidine rings is 2. The van der Waals surface area contributed by atoms with E-state index in [4.69, 9.17) is 0 Å². The Morgan fingerprint density at radius 2 is 1.75 bits per heavy atom. The van der Waals surface area contributed by atoms with E-state index >= 15 is 0 Å².